The minimum absolute atomic E-state index is 0.0625. The van der Waals surface area contributed by atoms with Crippen LogP contribution >= 0.6 is 11.8 Å². The Kier molecular flexibility index (Phi) is 5.82. The fourth-order valence-electron chi connectivity index (χ4n) is 2.17. The van der Waals surface area contributed by atoms with Gasteiger partial charge in [-0.05, 0) is 31.2 Å². The number of nitrogens with zero attached hydrogens (tertiary/aromatic N) is 2. The largest absolute Gasteiger partial charge is 0.411 e. The lowest BCUT2D eigenvalue weighted by molar-refractivity contribution is -0.119. The topological polar surface area (TPSA) is 97.1 Å². The van der Waals surface area contributed by atoms with Crippen LogP contribution in [0.25, 0.3) is 11.5 Å². The van der Waals surface area contributed by atoms with Crippen LogP contribution in [0.15, 0.2) is 58.2 Å². The summed E-state index contributed by atoms with van der Waals surface area (Å²) < 4.78 is 19.0. The third-order valence-corrected chi connectivity index (χ3v) is 4.25. The molecule has 0 fully saturated rings. The van der Waals surface area contributed by atoms with Gasteiger partial charge >= 0.3 is 0 Å². The Morgan fingerprint density at radius 2 is 1.93 bits per heavy atom. The van der Waals surface area contributed by atoms with Crippen molar-refractivity contribution in [3.8, 4) is 11.5 Å². The molecule has 0 spiro atoms. The van der Waals surface area contributed by atoms with Gasteiger partial charge in [-0.15, -0.1) is 10.2 Å². The minimum Gasteiger partial charge on any atom is -0.411 e. The summed E-state index contributed by atoms with van der Waals surface area (Å²) in [6.45, 7) is 1.95. The number of nitrogens with one attached hydrogen (secondary N) is 2. The van der Waals surface area contributed by atoms with Gasteiger partial charge in [-0.1, -0.05) is 41.6 Å². The molecule has 0 unspecified atom stereocenters. The molecule has 0 radical (unpaired) electrons. The number of hydrogen-bond acceptors (Lipinski definition) is 6. The highest BCUT2D eigenvalue weighted by molar-refractivity contribution is 7.99. The van der Waals surface area contributed by atoms with Crippen molar-refractivity contribution in [1.29, 1.82) is 0 Å². The molecule has 3 aromatic rings. The second-order valence-corrected chi connectivity index (χ2v) is 6.44. The molecule has 9 heteroatoms. The van der Waals surface area contributed by atoms with Crippen LogP contribution in [-0.2, 0) is 4.79 Å². The molecule has 3 rings (SSSR count). The van der Waals surface area contributed by atoms with Crippen molar-refractivity contribution in [2.45, 2.75) is 12.1 Å². The van der Waals surface area contributed by atoms with Crippen LogP contribution < -0.4 is 10.9 Å². The van der Waals surface area contributed by atoms with Crippen LogP contribution in [0.1, 0.15) is 15.9 Å². The van der Waals surface area contributed by atoms with E-state index in [0.29, 0.717) is 5.89 Å². The molecule has 0 atom stereocenters. The summed E-state index contributed by atoms with van der Waals surface area (Å²) >= 11 is 1.02. The monoisotopic (exact) mass is 386 g/mol. The normalized spacial score (nSPS) is 10.4. The third-order valence-electron chi connectivity index (χ3n) is 3.43. The fraction of sp³-hybridized carbons (Fsp3) is 0.111. The van der Waals surface area contributed by atoms with E-state index in [9.17, 15) is 14.0 Å². The molecule has 7 nitrogen and oxygen atoms in total. The highest BCUT2D eigenvalue weighted by Crippen LogP contribution is 2.23. The van der Waals surface area contributed by atoms with E-state index in [1.54, 1.807) is 0 Å². The van der Waals surface area contributed by atoms with Crippen molar-refractivity contribution in [3.05, 3.63) is 65.5 Å². The van der Waals surface area contributed by atoms with Gasteiger partial charge in [0.05, 0.1) is 11.3 Å². The third kappa shape index (κ3) is 4.91. The molecule has 0 saturated carbocycles. The van der Waals surface area contributed by atoms with Gasteiger partial charge in [-0.2, -0.15) is 0 Å². The Labute approximate surface area is 158 Å². The number of carbonyl (C=O) groups is 2. The molecule has 2 N–H and O–H groups in total. The SMILES string of the molecule is Cc1cccc(-c2nnc(SCC(=O)NNC(=O)c3ccccc3F)o2)c1. The van der Waals surface area contributed by atoms with E-state index in [1.165, 1.54) is 18.2 Å². The summed E-state index contributed by atoms with van der Waals surface area (Å²) in [7, 11) is 0. The second-order valence-electron chi connectivity index (χ2n) is 5.51. The van der Waals surface area contributed by atoms with Crippen LogP contribution in [0.2, 0.25) is 0 Å². The summed E-state index contributed by atoms with van der Waals surface area (Å²) in [4.78, 5) is 23.6. The summed E-state index contributed by atoms with van der Waals surface area (Å²) in [6.07, 6.45) is 0. The highest BCUT2D eigenvalue weighted by atomic mass is 32.2. The van der Waals surface area contributed by atoms with E-state index in [0.717, 1.165) is 29.0 Å². The number of hydrogen-bond donors (Lipinski definition) is 2. The summed E-state index contributed by atoms with van der Waals surface area (Å²) in [6, 6.07) is 13.1. The molecule has 27 heavy (non-hydrogen) atoms. The first-order chi connectivity index (χ1) is 13.0. The predicted molar refractivity (Wildman–Crippen MR) is 97.2 cm³/mol. The standard InChI is InChI=1S/C18H15FN4O3S/c1-11-5-4-6-12(9-11)17-22-23-18(26-17)27-10-15(24)20-21-16(25)13-7-2-3-8-14(13)19/h2-9H,10H2,1H3,(H,20,24)(H,21,25). The van der Waals surface area contributed by atoms with Crippen molar-refractivity contribution in [3.63, 3.8) is 0 Å². The molecule has 0 saturated heterocycles. The first-order valence-electron chi connectivity index (χ1n) is 7.90. The highest BCUT2D eigenvalue weighted by Gasteiger charge is 2.14. The Hall–Kier alpha value is -3.20. The van der Waals surface area contributed by atoms with Gasteiger partial charge < -0.3 is 4.42 Å². The number of carbonyl (C=O) groups excluding carboxylic acids is 2. The summed E-state index contributed by atoms with van der Waals surface area (Å²) in [5.74, 6) is -1.62. The maximum atomic E-state index is 13.5. The van der Waals surface area contributed by atoms with Crippen LogP contribution in [0.5, 0.6) is 0 Å². The van der Waals surface area contributed by atoms with Gasteiger partial charge in [0.2, 0.25) is 11.8 Å². The average molecular weight is 386 g/mol. The van der Waals surface area contributed by atoms with Gasteiger partial charge in [-0.3, -0.25) is 20.4 Å². The predicted octanol–water partition coefficient (Wildman–Crippen LogP) is 2.74. The quantitative estimate of drug-likeness (QED) is 0.517. The molecule has 0 aliphatic rings. The van der Waals surface area contributed by atoms with E-state index in [1.807, 2.05) is 31.2 Å². The zero-order valence-corrected chi connectivity index (χ0v) is 15.0. The van der Waals surface area contributed by atoms with Crippen molar-refractivity contribution < 1.29 is 18.4 Å². The van der Waals surface area contributed by atoms with E-state index in [2.05, 4.69) is 21.0 Å². The zero-order chi connectivity index (χ0) is 19.2. The molecule has 1 aromatic heterocycles. The Morgan fingerprint density at radius 1 is 1.11 bits per heavy atom. The van der Waals surface area contributed by atoms with E-state index >= 15 is 0 Å². The number of hydrazine groups is 1. The first kappa shape index (κ1) is 18.6. The number of benzene rings is 2. The maximum absolute atomic E-state index is 13.5. The minimum atomic E-state index is -0.744. The maximum Gasteiger partial charge on any atom is 0.277 e. The summed E-state index contributed by atoms with van der Waals surface area (Å²) in [5.41, 5.74) is 6.05. The first-order valence-corrected chi connectivity index (χ1v) is 8.88. The Morgan fingerprint density at radius 3 is 2.70 bits per heavy atom. The molecule has 2 aromatic carbocycles. The molecule has 1 heterocycles. The average Bonchev–Trinajstić information content (AvgIpc) is 3.14. The van der Waals surface area contributed by atoms with Crippen LogP contribution in [0.3, 0.4) is 0 Å². The zero-order valence-electron chi connectivity index (χ0n) is 14.2. The van der Waals surface area contributed by atoms with Gasteiger partial charge in [-0.25, -0.2) is 4.39 Å². The number of aryl methyl sites for hydroxylation is 1. The van der Waals surface area contributed by atoms with Gasteiger partial charge in [0.25, 0.3) is 11.1 Å². The number of amides is 2. The number of aromatic nitrogens is 2. The van der Waals surface area contributed by atoms with Crippen LogP contribution in [0.4, 0.5) is 4.39 Å². The summed E-state index contributed by atoms with van der Waals surface area (Å²) in [5, 5.41) is 8.05. The number of thioether (sulfide) groups is 1. The molecular weight excluding hydrogens is 371 g/mol. The number of rotatable bonds is 5. The Balaban J connectivity index is 1.50. The fourth-order valence-corrected chi connectivity index (χ4v) is 2.73. The Bertz CT molecular complexity index is 977. The molecule has 2 amide bonds. The van der Waals surface area contributed by atoms with Gasteiger partial charge in [0.15, 0.2) is 0 Å². The molecule has 138 valence electrons. The lowest BCUT2D eigenvalue weighted by Gasteiger charge is -2.07. The van der Waals surface area contributed by atoms with Crippen LogP contribution in [0, 0.1) is 12.7 Å². The van der Waals surface area contributed by atoms with Crippen molar-refractivity contribution in [2.24, 2.45) is 0 Å². The molecule has 0 bridgehead atoms. The molecule has 0 aliphatic carbocycles. The lowest BCUT2D eigenvalue weighted by atomic mass is 10.1. The smallest absolute Gasteiger partial charge is 0.277 e. The van der Waals surface area contributed by atoms with E-state index < -0.39 is 17.6 Å². The molecule has 0 aliphatic heterocycles. The second kappa shape index (κ2) is 8.45. The molecular formula is C18H15FN4O3S. The number of halogens is 1. The lowest BCUT2D eigenvalue weighted by Crippen LogP contribution is -2.42. The van der Waals surface area contributed by atoms with E-state index in [4.69, 9.17) is 4.42 Å². The van der Waals surface area contributed by atoms with Crippen LogP contribution in [-0.4, -0.2) is 27.8 Å². The van der Waals surface area contributed by atoms with Gasteiger partial charge in [0.1, 0.15) is 5.82 Å². The van der Waals surface area contributed by atoms with Crippen molar-refractivity contribution >= 4 is 23.6 Å². The van der Waals surface area contributed by atoms with Crippen molar-refractivity contribution in [1.82, 2.24) is 21.0 Å². The van der Waals surface area contributed by atoms with E-state index in [-0.39, 0.29) is 16.5 Å². The van der Waals surface area contributed by atoms with Gasteiger partial charge in [0, 0.05) is 5.56 Å². The van der Waals surface area contributed by atoms with Crippen molar-refractivity contribution in [2.75, 3.05) is 5.75 Å².